The summed E-state index contributed by atoms with van der Waals surface area (Å²) >= 11 is 3.40. The molecule has 1 unspecified atom stereocenters. The zero-order chi connectivity index (χ0) is 13.8. The molecule has 2 nitrogen and oxygen atoms in total. The molecule has 0 spiro atoms. The van der Waals surface area contributed by atoms with Crippen LogP contribution >= 0.6 is 15.9 Å². The number of hydrogen-bond donors (Lipinski definition) is 1. The maximum atomic E-state index is 10.4. The predicted molar refractivity (Wildman–Crippen MR) is 80.5 cm³/mol. The van der Waals surface area contributed by atoms with Crippen molar-refractivity contribution >= 4 is 15.9 Å². The standard InChI is InChI=1S/C16H17BrO2/c1-11-3-5-12(6-4-11)9-15(18)14-8-7-13(17)10-16(14)19-2/h3-8,10,15,18H,9H2,1-2H3. The Bertz CT molecular complexity index is 549. The van der Waals surface area contributed by atoms with E-state index >= 15 is 0 Å². The number of halogens is 1. The predicted octanol–water partition coefficient (Wildman–Crippen LogP) is 4.04. The smallest absolute Gasteiger partial charge is 0.125 e. The highest BCUT2D eigenvalue weighted by Crippen LogP contribution is 2.30. The summed E-state index contributed by atoms with van der Waals surface area (Å²) in [7, 11) is 1.61. The topological polar surface area (TPSA) is 29.5 Å². The molecule has 0 saturated carbocycles. The van der Waals surface area contributed by atoms with Gasteiger partial charge >= 0.3 is 0 Å². The van der Waals surface area contributed by atoms with Crippen molar-refractivity contribution < 1.29 is 9.84 Å². The van der Waals surface area contributed by atoms with E-state index < -0.39 is 6.10 Å². The highest BCUT2D eigenvalue weighted by Gasteiger charge is 2.14. The molecule has 0 aliphatic carbocycles. The minimum atomic E-state index is -0.564. The van der Waals surface area contributed by atoms with Crippen molar-refractivity contribution in [3.8, 4) is 5.75 Å². The van der Waals surface area contributed by atoms with Gasteiger partial charge in [0.1, 0.15) is 5.75 Å². The van der Waals surface area contributed by atoms with Crippen molar-refractivity contribution in [2.24, 2.45) is 0 Å². The second kappa shape index (κ2) is 6.22. The van der Waals surface area contributed by atoms with Crippen molar-refractivity contribution in [1.82, 2.24) is 0 Å². The molecule has 2 aromatic rings. The Labute approximate surface area is 122 Å². The van der Waals surface area contributed by atoms with E-state index in [1.807, 2.05) is 30.3 Å². The SMILES string of the molecule is COc1cc(Br)ccc1C(O)Cc1ccc(C)cc1. The number of aliphatic hydroxyl groups excluding tert-OH is 1. The molecular formula is C16H17BrO2. The molecule has 0 amide bonds. The largest absolute Gasteiger partial charge is 0.496 e. The van der Waals surface area contributed by atoms with Gasteiger partial charge in [-0.1, -0.05) is 51.8 Å². The molecule has 0 saturated heterocycles. The molecule has 0 radical (unpaired) electrons. The van der Waals surface area contributed by atoms with E-state index in [2.05, 4.69) is 35.0 Å². The summed E-state index contributed by atoms with van der Waals surface area (Å²) in [6.07, 6.45) is 0.0175. The molecule has 0 fully saturated rings. The Hall–Kier alpha value is -1.32. The summed E-state index contributed by atoms with van der Waals surface area (Å²) in [6.45, 7) is 2.05. The number of aryl methyl sites for hydroxylation is 1. The molecule has 0 heterocycles. The normalized spacial score (nSPS) is 12.2. The van der Waals surface area contributed by atoms with E-state index in [1.54, 1.807) is 7.11 Å². The molecule has 2 rings (SSSR count). The quantitative estimate of drug-likeness (QED) is 0.921. The summed E-state index contributed by atoms with van der Waals surface area (Å²) < 4.78 is 6.25. The molecule has 100 valence electrons. The summed E-state index contributed by atoms with van der Waals surface area (Å²) in [5.74, 6) is 0.703. The van der Waals surface area contributed by atoms with Crippen molar-refractivity contribution in [2.75, 3.05) is 7.11 Å². The third-order valence-corrected chi connectivity index (χ3v) is 3.60. The maximum absolute atomic E-state index is 10.4. The van der Waals surface area contributed by atoms with E-state index in [4.69, 9.17) is 4.74 Å². The lowest BCUT2D eigenvalue weighted by Gasteiger charge is -2.15. The number of hydrogen-bond acceptors (Lipinski definition) is 2. The van der Waals surface area contributed by atoms with Crippen LogP contribution in [0.3, 0.4) is 0 Å². The van der Waals surface area contributed by atoms with Crippen LogP contribution in [0.5, 0.6) is 5.75 Å². The Morgan fingerprint density at radius 2 is 1.84 bits per heavy atom. The Morgan fingerprint density at radius 3 is 2.47 bits per heavy atom. The molecule has 0 aliphatic heterocycles. The minimum absolute atomic E-state index is 0.564. The second-order valence-electron chi connectivity index (χ2n) is 4.59. The molecule has 0 aromatic heterocycles. The highest BCUT2D eigenvalue weighted by atomic mass is 79.9. The van der Waals surface area contributed by atoms with Crippen LogP contribution < -0.4 is 4.74 Å². The van der Waals surface area contributed by atoms with E-state index in [9.17, 15) is 5.11 Å². The van der Waals surface area contributed by atoms with Crippen molar-refractivity contribution in [3.05, 3.63) is 63.6 Å². The Morgan fingerprint density at radius 1 is 1.16 bits per heavy atom. The van der Waals surface area contributed by atoms with E-state index in [1.165, 1.54) is 5.56 Å². The summed E-state index contributed by atoms with van der Waals surface area (Å²) in [5, 5.41) is 10.4. The van der Waals surface area contributed by atoms with Crippen molar-refractivity contribution in [1.29, 1.82) is 0 Å². The lowest BCUT2D eigenvalue weighted by Crippen LogP contribution is -2.04. The number of benzene rings is 2. The van der Waals surface area contributed by atoms with Gasteiger partial charge in [-0.2, -0.15) is 0 Å². The van der Waals surface area contributed by atoms with Gasteiger partial charge < -0.3 is 9.84 Å². The van der Waals surface area contributed by atoms with Crippen molar-refractivity contribution in [3.63, 3.8) is 0 Å². The van der Waals surface area contributed by atoms with Crippen LogP contribution in [0.4, 0.5) is 0 Å². The molecular weight excluding hydrogens is 304 g/mol. The van der Waals surface area contributed by atoms with Crippen molar-refractivity contribution in [2.45, 2.75) is 19.4 Å². The molecule has 19 heavy (non-hydrogen) atoms. The fourth-order valence-corrected chi connectivity index (χ4v) is 2.36. The average molecular weight is 321 g/mol. The lowest BCUT2D eigenvalue weighted by atomic mass is 10.00. The first-order chi connectivity index (χ1) is 9.10. The van der Waals surface area contributed by atoms with Gasteiger partial charge in [0.25, 0.3) is 0 Å². The van der Waals surface area contributed by atoms with Crippen LogP contribution in [0.1, 0.15) is 22.8 Å². The summed E-state index contributed by atoms with van der Waals surface area (Å²) in [5.41, 5.74) is 3.15. The first-order valence-electron chi connectivity index (χ1n) is 6.17. The fourth-order valence-electron chi connectivity index (χ4n) is 2.02. The summed E-state index contributed by atoms with van der Waals surface area (Å²) in [4.78, 5) is 0. The van der Waals surface area contributed by atoms with Crippen LogP contribution in [0.2, 0.25) is 0 Å². The molecule has 3 heteroatoms. The van der Waals surface area contributed by atoms with Gasteiger partial charge in [-0.3, -0.25) is 0 Å². The van der Waals surface area contributed by atoms with Gasteiger partial charge in [-0.25, -0.2) is 0 Å². The number of aliphatic hydroxyl groups is 1. The first-order valence-corrected chi connectivity index (χ1v) is 6.96. The molecule has 0 bridgehead atoms. The number of rotatable bonds is 4. The van der Waals surface area contributed by atoms with E-state index in [-0.39, 0.29) is 0 Å². The molecule has 2 aromatic carbocycles. The lowest BCUT2D eigenvalue weighted by molar-refractivity contribution is 0.174. The van der Waals surface area contributed by atoms with Gasteiger partial charge in [0.15, 0.2) is 0 Å². The number of ether oxygens (including phenoxy) is 1. The van der Waals surface area contributed by atoms with Crippen LogP contribution in [0.25, 0.3) is 0 Å². The van der Waals surface area contributed by atoms with Crippen LogP contribution in [-0.2, 0) is 6.42 Å². The third-order valence-electron chi connectivity index (χ3n) is 3.10. The van der Waals surface area contributed by atoms with E-state index in [0.29, 0.717) is 12.2 Å². The first kappa shape index (κ1) is 14.1. The minimum Gasteiger partial charge on any atom is -0.496 e. The molecule has 0 aliphatic rings. The fraction of sp³-hybridized carbons (Fsp3) is 0.250. The zero-order valence-corrected chi connectivity index (χ0v) is 12.6. The Balaban J connectivity index is 2.19. The van der Waals surface area contributed by atoms with Crippen LogP contribution in [0.15, 0.2) is 46.9 Å². The molecule has 1 atom stereocenters. The van der Waals surface area contributed by atoms with Gasteiger partial charge in [0.05, 0.1) is 13.2 Å². The highest BCUT2D eigenvalue weighted by molar-refractivity contribution is 9.10. The van der Waals surface area contributed by atoms with Gasteiger partial charge in [-0.05, 0) is 24.6 Å². The third kappa shape index (κ3) is 3.58. The van der Waals surface area contributed by atoms with Crippen LogP contribution in [0, 0.1) is 6.92 Å². The van der Waals surface area contributed by atoms with Gasteiger partial charge in [-0.15, -0.1) is 0 Å². The van der Waals surface area contributed by atoms with Gasteiger partial charge in [0.2, 0.25) is 0 Å². The average Bonchev–Trinajstić information content (AvgIpc) is 2.41. The van der Waals surface area contributed by atoms with Gasteiger partial charge in [0, 0.05) is 16.5 Å². The summed E-state index contributed by atoms with van der Waals surface area (Å²) in [6, 6.07) is 13.9. The van der Waals surface area contributed by atoms with E-state index in [0.717, 1.165) is 15.6 Å². The molecule has 1 N–H and O–H groups in total. The number of methoxy groups -OCH3 is 1. The monoisotopic (exact) mass is 320 g/mol. The maximum Gasteiger partial charge on any atom is 0.125 e. The Kier molecular flexibility index (Phi) is 4.61. The zero-order valence-electron chi connectivity index (χ0n) is 11.1. The second-order valence-corrected chi connectivity index (χ2v) is 5.51. The van der Waals surface area contributed by atoms with Crippen LogP contribution in [-0.4, -0.2) is 12.2 Å².